The molecule has 0 radical (unpaired) electrons. The second-order valence-corrected chi connectivity index (χ2v) is 6.82. The molecule has 0 spiro atoms. The van der Waals surface area contributed by atoms with Crippen molar-refractivity contribution in [3.8, 4) is 5.75 Å². The lowest BCUT2D eigenvalue weighted by atomic mass is 10.2. The van der Waals surface area contributed by atoms with E-state index in [9.17, 15) is 14.4 Å². The normalized spacial score (nSPS) is 15.5. The molecule has 1 aromatic heterocycles. The van der Waals surface area contributed by atoms with E-state index in [0.717, 1.165) is 0 Å². The number of pyridine rings is 1. The number of rotatable bonds is 5. The van der Waals surface area contributed by atoms with Gasteiger partial charge in [-0.2, -0.15) is 0 Å². The van der Waals surface area contributed by atoms with Crippen LogP contribution in [0.4, 0.5) is 17.3 Å². The van der Waals surface area contributed by atoms with Crippen LogP contribution in [0.5, 0.6) is 5.75 Å². The molecule has 9 nitrogen and oxygen atoms in total. The summed E-state index contributed by atoms with van der Waals surface area (Å²) >= 11 is 0. The number of anilines is 3. The van der Waals surface area contributed by atoms with Gasteiger partial charge in [-0.1, -0.05) is 0 Å². The van der Waals surface area contributed by atoms with Crippen LogP contribution in [0, 0.1) is 0 Å². The number of amides is 2. The van der Waals surface area contributed by atoms with E-state index in [1.54, 1.807) is 57.2 Å². The average Bonchev–Trinajstić information content (AvgIpc) is 2.66. The van der Waals surface area contributed by atoms with E-state index in [2.05, 4.69) is 10.3 Å². The Morgan fingerprint density at radius 1 is 1.24 bits per heavy atom. The fourth-order valence-corrected chi connectivity index (χ4v) is 2.77. The van der Waals surface area contributed by atoms with Gasteiger partial charge in [-0.05, 0) is 57.2 Å². The van der Waals surface area contributed by atoms with Crippen LogP contribution in [0.1, 0.15) is 31.1 Å². The highest BCUT2D eigenvalue weighted by Gasteiger charge is 2.34. The van der Waals surface area contributed by atoms with Crippen molar-refractivity contribution < 1.29 is 23.9 Å². The molecule has 3 N–H and O–H groups in total. The van der Waals surface area contributed by atoms with Gasteiger partial charge in [0.25, 0.3) is 5.91 Å². The third-order valence-electron chi connectivity index (χ3n) is 4.08. The molecule has 1 atom stereocenters. The van der Waals surface area contributed by atoms with Crippen LogP contribution >= 0.6 is 0 Å². The van der Waals surface area contributed by atoms with E-state index in [1.807, 2.05) is 0 Å². The Morgan fingerprint density at radius 2 is 1.93 bits per heavy atom. The Morgan fingerprint density at radius 3 is 2.59 bits per heavy atom. The number of esters is 1. The number of benzene rings is 1. The summed E-state index contributed by atoms with van der Waals surface area (Å²) < 4.78 is 10.6. The van der Waals surface area contributed by atoms with Gasteiger partial charge in [0.15, 0.2) is 17.7 Å². The van der Waals surface area contributed by atoms with Gasteiger partial charge in [-0.25, -0.2) is 9.78 Å². The fraction of sp³-hybridized carbons (Fsp3) is 0.300. The van der Waals surface area contributed by atoms with Crippen LogP contribution in [0.25, 0.3) is 0 Å². The molecule has 0 saturated heterocycles. The summed E-state index contributed by atoms with van der Waals surface area (Å²) in [4.78, 5) is 42.2. The first kappa shape index (κ1) is 20.1. The van der Waals surface area contributed by atoms with Crippen molar-refractivity contribution in [2.75, 3.05) is 22.5 Å². The van der Waals surface area contributed by atoms with Crippen molar-refractivity contribution in [3.63, 3.8) is 0 Å². The van der Waals surface area contributed by atoms with Gasteiger partial charge >= 0.3 is 5.97 Å². The maximum Gasteiger partial charge on any atom is 0.338 e. The molecular formula is C20H22N4O5. The Hall–Kier alpha value is -3.62. The van der Waals surface area contributed by atoms with Crippen molar-refractivity contribution in [1.29, 1.82) is 0 Å². The largest absolute Gasteiger partial charge is 0.477 e. The molecule has 1 unspecified atom stereocenters. The molecule has 0 aliphatic carbocycles. The summed E-state index contributed by atoms with van der Waals surface area (Å²) in [6, 6.07) is 9.46. The molecule has 152 valence electrons. The first-order chi connectivity index (χ1) is 13.7. The maximum atomic E-state index is 12.5. The Balaban J connectivity index is 1.70. The van der Waals surface area contributed by atoms with E-state index >= 15 is 0 Å². The minimum atomic E-state index is -0.744. The van der Waals surface area contributed by atoms with Crippen LogP contribution < -0.4 is 20.7 Å². The summed E-state index contributed by atoms with van der Waals surface area (Å²) in [5.41, 5.74) is 6.56. The second kappa shape index (κ2) is 8.17. The number of nitrogens with one attached hydrogen (secondary N) is 1. The first-order valence-electron chi connectivity index (χ1n) is 9.10. The van der Waals surface area contributed by atoms with Gasteiger partial charge in [0.05, 0.1) is 11.7 Å². The van der Waals surface area contributed by atoms with Crippen molar-refractivity contribution in [3.05, 3.63) is 42.0 Å². The van der Waals surface area contributed by atoms with Crippen molar-refractivity contribution in [2.24, 2.45) is 0 Å². The number of carbonyl (C=O) groups excluding carboxylic acids is 3. The first-order valence-corrected chi connectivity index (χ1v) is 9.10. The van der Waals surface area contributed by atoms with Crippen LogP contribution in [0.2, 0.25) is 0 Å². The second-order valence-electron chi connectivity index (χ2n) is 6.82. The average molecular weight is 398 g/mol. The Bertz CT molecular complexity index is 942. The van der Waals surface area contributed by atoms with Crippen LogP contribution in [-0.4, -0.2) is 41.5 Å². The molecule has 2 amide bonds. The molecule has 0 saturated carbocycles. The number of aromatic nitrogens is 1. The highest BCUT2D eigenvalue weighted by molar-refractivity contribution is 6.05. The number of ether oxygens (including phenoxy) is 2. The third-order valence-corrected chi connectivity index (χ3v) is 4.08. The molecule has 1 aromatic carbocycles. The molecule has 0 bridgehead atoms. The number of nitrogens with two attached hydrogens (primary N) is 1. The number of carbonyl (C=O) groups is 3. The van der Waals surface area contributed by atoms with Gasteiger partial charge < -0.3 is 20.5 Å². The lowest BCUT2D eigenvalue weighted by Crippen LogP contribution is -2.48. The highest BCUT2D eigenvalue weighted by atomic mass is 16.5. The lowest BCUT2D eigenvalue weighted by molar-refractivity contribution is -0.127. The molecule has 2 heterocycles. The molecule has 9 heteroatoms. The third kappa shape index (κ3) is 4.63. The monoisotopic (exact) mass is 398 g/mol. The minimum absolute atomic E-state index is 0.204. The topological polar surface area (TPSA) is 124 Å². The van der Waals surface area contributed by atoms with Gasteiger partial charge in [0, 0.05) is 5.69 Å². The zero-order chi connectivity index (χ0) is 21.1. The molecular weight excluding hydrogens is 376 g/mol. The summed E-state index contributed by atoms with van der Waals surface area (Å²) in [7, 11) is 0. The van der Waals surface area contributed by atoms with Crippen molar-refractivity contribution in [1.82, 2.24) is 4.98 Å². The fourth-order valence-electron chi connectivity index (χ4n) is 2.77. The van der Waals surface area contributed by atoms with Crippen LogP contribution in [0.15, 0.2) is 36.4 Å². The van der Waals surface area contributed by atoms with Gasteiger partial charge in [0.1, 0.15) is 12.4 Å². The van der Waals surface area contributed by atoms with Gasteiger partial charge in [0.2, 0.25) is 5.91 Å². The molecule has 1 aliphatic heterocycles. The quantitative estimate of drug-likeness (QED) is 0.738. The lowest BCUT2D eigenvalue weighted by Gasteiger charge is -2.31. The number of nitrogens with zero attached hydrogens (tertiary/aromatic N) is 2. The summed E-state index contributed by atoms with van der Waals surface area (Å²) in [5, 5.41) is 2.69. The summed E-state index contributed by atoms with van der Waals surface area (Å²) in [5.74, 6) is -0.463. The van der Waals surface area contributed by atoms with E-state index in [1.165, 1.54) is 4.90 Å². The molecule has 0 fully saturated rings. The zero-order valence-electron chi connectivity index (χ0n) is 16.3. The van der Waals surface area contributed by atoms with E-state index < -0.39 is 23.9 Å². The molecule has 1 aliphatic rings. The zero-order valence-corrected chi connectivity index (χ0v) is 16.3. The molecule has 29 heavy (non-hydrogen) atoms. The summed E-state index contributed by atoms with van der Waals surface area (Å²) in [6.45, 7) is 4.87. The van der Waals surface area contributed by atoms with Gasteiger partial charge in [-0.15, -0.1) is 0 Å². The predicted octanol–water partition coefficient (Wildman–Crippen LogP) is 1.98. The molecule has 3 rings (SSSR count). The van der Waals surface area contributed by atoms with E-state index in [0.29, 0.717) is 17.0 Å². The number of fused-ring (bicyclic) bond motifs is 1. The van der Waals surface area contributed by atoms with Crippen LogP contribution in [0.3, 0.4) is 0 Å². The van der Waals surface area contributed by atoms with Crippen molar-refractivity contribution in [2.45, 2.75) is 33.0 Å². The predicted molar refractivity (Wildman–Crippen MR) is 107 cm³/mol. The maximum absolute atomic E-state index is 12.5. The summed E-state index contributed by atoms with van der Waals surface area (Å²) in [6.07, 6.45) is -0.965. The highest BCUT2D eigenvalue weighted by Crippen LogP contribution is 2.32. The van der Waals surface area contributed by atoms with Crippen molar-refractivity contribution >= 4 is 35.1 Å². The standard InChI is InChI=1S/C20H22N4O5/c1-11(2)28-20(27)13-4-6-14(7-5-13)22-17(25)10-24-18-15(8-9-16(21)23-18)29-12(3)19(24)26/h4-9,11-12H,10H2,1-3H3,(H2,21,23)(H,22,25). The molecule has 2 aromatic rings. The Kier molecular flexibility index (Phi) is 5.67. The number of nitrogen functional groups attached to an aromatic ring is 1. The SMILES string of the molecule is CC(C)OC(=O)c1ccc(NC(=O)CN2C(=O)C(C)Oc3ccc(N)nc32)cc1. The number of hydrogen-bond donors (Lipinski definition) is 2. The van der Waals surface area contributed by atoms with E-state index in [4.69, 9.17) is 15.2 Å². The number of hydrogen-bond acceptors (Lipinski definition) is 7. The minimum Gasteiger partial charge on any atom is -0.477 e. The van der Waals surface area contributed by atoms with Gasteiger partial charge in [-0.3, -0.25) is 14.5 Å². The smallest absolute Gasteiger partial charge is 0.338 e. The van der Waals surface area contributed by atoms with E-state index in [-0.39, 0.29) is 24.3 Å². The Labute approximate surface area is 167 Å². The van der Waals surface area contributed by atoms with Crippen LogP contribution in [-0.2, 0) is 14.3 Å².